The van der Waals surface area contributed by atoms with Gasteiger partial charge in [0.1, 0.15) is 0 Å². The second-order valence-corrected chi connectivity index (χ2v) is 31.1. The zero-order valence-corrected chi connectivity index (χ0v) is 65.5. The number of hydrogen-bond donors (Lipinski definition) is 0. The van der Waals surface area contributed by atoms with Crippen molar-refractivity contribution in [2.75, 3.05) is 0 Å². The summed E-state index contributed by atoms with van der Waals surface area (Å²) < 4.78 is 0. The molecule has 0 aliphatic rings. The van der Waals surface area contributed by atoms with Crippen molar-refractivity contribution >= 4 is 53.9 Å². The van der Waals surface area contributed by atoms with E-state index in [0.717, 1.165) is 94.4 Å². The molecule has 0 amide bonds. The number of rotatable bonds is 9. The van der Waals surface area contributed by atoms with Crippen molar-refractivity contribution < 1.29 is 42.1 Å². The Kier molecular flexibility index (Phi) is 20.3. The van der Waals surface area contributed by atoms with E-state index < -0.39 is 0 Å². The van der Waals surface area contributed by atoms with Crippen LogP contribution in [0.5, 0.6) is 0 Å². The Morgan fingerprint density at radius 1 is 0.250 bits per heavy atom. The summed E-state index contributed by atoms with van der Waals surface area (Å²) in [4.78, 5) is 19.5. The van der Waals surface area contributed by atoms with Gasteiger partial charge in [-0.3, -0.25) is 19.9 Å². The van der Waals surface area contributed by atoms with Crippen LogP contribution in [0.25, 0.3) is 155 Å². The summed E-state index contributed by atoms with van der Waals surface area (Å²) in [5, 5.41) is 11.6. The fourth-order valence-electron chi connectivity index (χ4n) is 14.2. The smallest absolute Gasteiger partial charge is 0.295 e. The Bertz CT molecular complexity index is 5810. The molecule has 16 aromatic rings. The molecular formula is C98H82N4Pt2. The molecule has 0 N–H and O–H groups in total. The van der Waals surface area contributed by atoms with Gasteiger partial charge in [-0.15, -0.1) is 88.6 Å². The molecule has 0 aliphatic heterocycles. The molecule has 6 heteroatoms. The Labute approximate surface area is 642 Å². The van der Waals surface area contributed by atoms with E-state index in [4.69, 9.17) is 19.9 Å². The summed E-state index contributed by atoms with van der Waals surface area (Å²) in [5.74, 6) is 0. The predicted molar refractivity (Wildman–Crippen MR) is 431 cm³/mol. The molecule has 0 atom stereocenters. The fourth-order valence-corrected chi connectivity index (χ4v) is 14.2. The van der Waals surface area contributed by atoms with Crippen LogP contribution in [0.4, 0.5) is 0 Å². The van der Waals surface area contributed by atoms with Crippen LogP contribution >= 0.6 is 0 Å². The van der Waals surface area contributed by atoms with Gasteiger partial charge < -0.3 is 0 Å². The molecule has 4 aromatic heterocycles. The average Bonchev–Trinajstić information content (AvgIpc) is 0.725. The Morgan fingerprint density at radius 2 is 0.606 bits per heavy atom. The number of aromatic nitrogens is 4. The Balaban J connectivity index is 0.000000182. The van der Waals surface area contributed by atoms with E-state index in [1.807, 2.05) is 24.8 Å². The summed E-state index contributed by atoms with van der Waals surface area (Å²) in [6, 6.07) is 107. The maximum atomic E-state index is 4.99. The van der Waals surface area contributed by atoms with Gasteiger partial charge in [0.2, 0.25) is 0 Å². The average molecular weight is 1710 g/mol. The summed E-state index contributed by atoms with van der Waals surface area (Å²) >= 11 is 0. The SMILES string of the molecule is CC(C)(C)c1ccnc(-c2[c-]c3c(-c4[c-]c(-c5cc(C(C)(C)C)ccn5)c5c6ccccc6c6ccccc6c5c4)cccc3cc2)c1.CC(C)(C)c1ccnc(-c2[c-]c3c(-c4[c-]c(-c5cc(C(C)(C)C)ccn5)cc(-c5c(-c6ccccc6)cccc5-c5ccccc5)c4)cccc3cc2)c1.[Pt+2].[Pt+2]. The zero-order valence-electron chi connectivity index (χ0n) is 61.0. The molecule has 0 radical (unpaired) electrons. The maximum Gasteiger partial charge on any atom is 2.00 e. The quantitative estimate of drug-likeness (QED) is 0.107. The second kappa shape index (κ2) is 29.2. The number of benzene rings is 12. The van der Waals surface area contributed by atoms with Gasteiger partial charge in [-0.05, 0) is 118 Å². The first-order valence-corrected chi connectivity index (χ1v) is 35.5. The van der Waals surface area contributed by atoms with Crippen LogP contribution in [0.15, 0.2) is 280 Å². The third-order valence-electron chi connectivity index (χ3n) is 19.9. The first-order chi connectivity index (χ1) is 49.1. The van der Waals surface area contributed by atoms with Gasteiger partial charge in [0, 0.05) is 47.6 Å². The molecule has 0 aliphatic carbocycles. The van der Waals surface area contributed by atoms with Gasteiger partial charge in [-0.25, -0.2) is 0 Å². The van der Waals surface area contributed by atoms with Gasteiger partial charge in [0.25, 0.3) is 0 Å². The minimum atomic E-state index is -0.0299. The molecule has 12 aromatic carbocycles. The molecule has 0 spiro atoms. The molecule has 4 nitrogen and oxygen atoms in total. The monoisotopic (exact) mass is 1700 g/mol. The Morgan fingerprint density at radius 3 is 1.06 bits per heavy atom. The summed E-state index contributed by atoms with van der Waals surface area (Å²) in [6.45, 7) is 26.9. The van der Waals surface area contributed by atoms with Crippen molar-refractivity contribution in [1.82, 2.24) is 19.9 Å². The third kappa shape index (κ3) is 14.6. The maximum absolute atomic E-state index is 4.99. The van der Waals surface area contributed by atoms with E-state index >= 15 is 0 Å². The standard InChI is InChI=1S/C52H44N2.C46H38N2.2Pt/c1-51(2,3)42-25-27-53-48(33-42)38-24-23-37-19-13-20-44(47(37)32-38)39-29-40(49-34-43(26-28-54-49)52(4,5)6)31-41(30-39)50-45(35-15-9-7-10-16-35)21-14-22-46(50)36-17-11-8-12-18-36;1-45(2,3)32-20-22-47-42(27-32)30-19-18-29-12-11-17-34(39(29)24-30)31-25-40-37-15-8-7-13-35(37)36-14-9-10-16-38(36)44(40)41(26-31)43-28-33(21-23-48-43)46(4,5)6;;/h7-28,30-31,33-34H,1-6H3;7-23,25,27-28H,1-6H3;;/q2*-2;2*+2. The molecule has 514 valence electrons. The molecule has 0 fully saturated rings. The molecule has 0 unspecified atom stereocenters. The second-order valence-electron chi connectivity index (χ2n) is 31.1. The molecule has 4 heterocycles. The van der Waals surface area contributed by atoms with E-state index in [1.165, 1.54) is 82.4 Å². The van der Waals surface area contributed by atoms with Gasteiger partial charge in [-0.1, -0.05) is 332 Å². The molecule has 0 saturated heterocycles. The fraction of sp³-hybridized carbons (Fsp3) is 0.163. The van der Waals surface area contributed by atoms with E-state index in [1.54, 1.807) is 0 Å². The van der Waals surface area contributed by atoms with E-state index in [-0.39, 0.29) is 63.8 Å². The first-order valence-electron chi connectivity index (χ1n) is 35.5. The van der Waals surface area contributed by atoms with Crippen molar-refractivity contribution in [3.05, 3.63) is 326 Å². The summed E-state index contributed by atoms with van der Waals surface area (Å²) in [5.41, 5.74) is 23.7. The number of hydrogen-bond acceptors (Lipinski definition) is 4. The van der Waals surface area contributed by atoms with E-state index in [2.05, 4.69) is 362 Å². The predicted octanol–water partition coefficient (Wildman–Crippen LogP) is 26.1. The summed E-state index contributed by atoms with van der Waals surface area (Å²) in [7, 11) is 0. The molecular weight excluding hydrogens is 1620 g/mol. The van der Waals surface area contributed by atoms with Gasteiger partial charge in [-0.2, -0.15) is 0 Å². The van der Waals surface area contributed by atoms with Crippen LogP contribution in [0, 0.1) is 24.3 Å². The van der Waals surface area contributed by atoms with Crippen molar-refractivity contribution in [2.24, 2.45) is 0 Å². The normalized spacial score (nSPS) is 11.9. The minimum absolute atomic E-state index is 0. The molecule has 0 saturated carbocycles. The van der Waals surface area contributed by atoms with Crippen molar-refractivity contribution in [3.8, 4) is 101 Å². The van der Waals surface area contributed by atoms with Crippen molar-refractivity contribution in [3.63, 3.8) is 0 Å². The number of fused-ring (bicyclic) bond motifs is 8. The largest absolute Gasteiger partial charge is 2.00 e. The van der Waals surface area contributed by atoms with E-state index in [0.29, 0.717) is 0 Å². The Hall–Kier alpha value is -10.1. The van der Waals surface area contributed by atoms with Crippen LogP contribution in [0.3, 0.4) is 0 Å². The van der Waals surface area contributed by atoms with Crippen LogP contribution in [-0.2, 0) is 63.8 Å². The minimum Gasteiger partial charge on any atom is -0.295 e. The number of nitrogens with zero attached hydrogens (tertiary/aromatic N) is 4. The van der Waals surface area contributed by atoms with Crippen LogP contribution in [0.1, 0.15) is 105 Å². The van der Waals surface area contributed by atoms with Gasteiger partial charge >= 0.3 is 42.1 Å². The van der Waals surface area contributed by atoms with Crippen LogP contribution < -0.4 is 0 Å². The third-order valence-corrected chi connectivity index (χ3v) is 19.9. The first kappa shape index (κ1) is 72.3. The molecule has 0 bridgehead atoms. The van der Waals surface area contributed by atoms with Gasteiger partial charge in [0.15, 0.2) is 0 Å². The summed E-state index contributed by atoms with van der Waals surface area (Å²) in [6.07, 6.45) is 7.70. The number of pyridine rings is 4. The zero-order chi connectivity index (χ0) is 70.7. The van der Waals surface area contributed by atoms with Gasteiger partial charge in [0.05, 0.1) is 0 Å². The van der Waals surface area contributed by atoms with E-state index in [9.17, 15) is 0 Å². The van der Waals surface area contributed by atoms with Crippen LogP contribution in [0.2, 0.25) is 0 Å². The topological polar surface area (TPSA) is 51.6 Å². The van der Waals surface area contributed by atoms with Crippen molar-refractivity contribution in [2.45, 2.75) is 105 Å². The molecule has 16 rings (SSSR count). The van der Waals surface area contributed by atoms with Crippen molar-refractivity contribution in [1.29, 1.82) is 0 Å². The van der Waals surface area contributed by atoms with Crippen LogP contribution in [-0.4, -0.2) is 19.9 Å². The molecule has 104 heavy (non-hydrogen) atoms.